The minimum atomic E-state index is -0.215. The molecule has 6 atom stereocenters. The van der Waals surface area contributed by atoms with E-state index in [1.165, 1.54) is 157 Å². The lowest BCUT2D eigenvalue weighted by atomic mass is 9.51. The van der Waals surface area contributed by atoms with Gasteiger partial charge in [0.1, 0.15) is 34.2 Å². The second-order valence-corrected chi connectivity index (χ2v) is 34.8. The smallest absolute Gasteiger partial charge is 0.178 e. The van der Waals surface area contributed by atoms with Gasteiger partial charge in [-0.25, -0.2) is 0 Å². The average molecular weight is 1360 g/mol. The molecule has 2 saturated carbocycles. The van der Waals surface area contributed by atoms with Crippen LogP contribution in [0.15, 0.2) is 159 Å². The Morgan fingerprint density at radius 1 is 0.364 bits per heavy atom. The summed E-state index contributed by atoms with van der Waals surface area (Å²) in [6.45, 7) is 42.0. The second-order valence-electron chi connectivity index (χ2n) is 33.0. The Hall–Kier alpha value is -7.80. The molecular formula is C87H98N4O6S2. The van der Waals surface area contributed by atoms with Gasteiger partial charge in [0.25, 0.3) is 0 Å². The van der Waals surface area contributed by atoms with Crippen LogP contribution >= 0.6 is 22.7 Å². The fraction of sp³-hybridized carbons (Fsp3) is 0.448. The van der Waals surface area contributed by atoms with Gasteiger partial charge in [-0.2, -0.15) is 0 Å². The van der Waals surface area contributed by atoms with Gasteiger partial charge in [0, 0.05) is 56.8 Å². The number of nitrogens with zero attached hydrogens (tertiary/aromatic N) is 4. The topological polar surface area (TPSA) is 91.8 Å². The van der Waals surface area contributed by atoms with Gasteiger partial charge in [-0.3, -0.25) is 0 Å². The van der Waals surface area contributed by atoms with Gasteiger partial charge in [-0.05, 0) is 174 Å². The van der Waals surface area contributed by atoms with Crippen molar-refractivity contribution < 1.29 is 26.5 Å². The van der Waals surface area contributed by atoms with E-state index < -0.39 is 0 Å². The first-order valence-electron chi connectivity index (χ1n) is 36.7. The van der Waals surface area contributed by atoms with Crippen LogP contribution in [0.4, 0.5) is 22.7 Å². The third-order valence-corrected chi connectivity index (χ3v) is 29.7. The number of aryl methyl sites for hydroxylation is 4. The van der Waals surface area contributed by atoms with E-state index in [1.807, 2.05) is 34.8 Å². The molecule has 2 aliphatic carbocycles. The summed E-state index contributed by atoms with van der Waals surface area (Å²) >= 11 is 3.69. The van der Waals surface area contributed by atoms with E-state index in [4.69, 9.17) is 26.5 Å². The first-order valence-corrected chi connectivity index (χ1v) is 38.5. The first kappa shape index (κ1) is 64.6. The highest BCUT2D eigenvalue weighted by Crippen LogP contribution is 2.71. The summed E-state index contributed by atoms with van der Waals surface area (Å²) in [4.78, 5) is 10.6. The summed E-state index contributed by atoms with van der Waals surface area (Å²) in [5.74, 6) is 4.53. The highest BCUT2D eigenvalue weighted by molar-refractivity contribution is 7.17. The number of thiophene rings is 2. The van der Waals surface area contributed by atoms with Crippen molar-refractivity contribution in [2.45, 2.75) is 240 Å². The van der Waals surface area contributed by atoms with Crippen molar-refractivity contribution in [2.24, 2.45) is 10.8 Å². The van der Waals surface area contributed by atoms with Gasteiger partial charge < -0.3 is 46.1 Å². The Morgan fingerprint density at radius 3 is 1.10 bits per heavy atom. The molecule has 12 aromatic rings. The molecule has 2 spiro atoms. The zero-order valence-electron chi connectivity index (χ0n) is 61.4. The van der Waals surface area contributed by atoms with Crippen molar-refractivity contribution in [3.8, 4) is 0 Å². The SMILES string of the molecule is Cc1cccc2c1N1C(C)c3oc4ccoc4c3C1(C)C(C)(C)C2(C)C.Cc1cccc2c1N1C(C)c3oc4ccoc4c3C1(C)C(C)(C)C2(C)C.Cc1ccccc1N1C(C)c2oc3ccsc3c2C12CCCC2.Cc1ccccc1N1C(C)c2oc3ccsc3c2C12CCCCC2. The summed E-state index contributed by atoms with van der Waals surface area (Å²) in [5, 5.41) is 4.34. The van der Waals surface area contributed by atoms with Gasteiger partial charge in [-0.1, -0.05) is 160 Å². The quantitative estimate of drug-likeness (QED) is 0.167. The maximum Gasteiger partial charge on any atom is 0.178 e. The lowest BCUT2D eigenvalue weighted by molar-refractivity contribution is 0.0654. The largest absolute Gasteiger partial charge is 0.460 e. The van der Waals surface area contributed by atoms with Crippen molar-refractivity contribution in [1.29, 1.82) is 0 Å². The molecule has 0 bridgehead atoms. The van der Waals surface area contributed by atoms with Crippen LogP contribution in [0.25, 0.3) is 42.9 Å². The Bertz CT molecular complexity index is 5000. The van der Waals surface area contributed by atoms with Crippen molar-refractivity contribution >= 4 is 88.3 Å². The predicted molar refractivity (Wildman–Crippen MR) is 407 cm³/mol. The molecule has 8 aromatic heterocycles. The van der Waals surface area contributed by atoms with E-state index >= 15 is 0 Å². The molecule has 99 heavy (non-hydrogen) atoms. The van der Waals surface area contributed by atoms with Crippen LogP contribution in [0.5, 0.6) is 0 Å². The van der Waals surface area contributed by atoms with Gasteiger partial charge in [-0.15, -0.1) is 22.7 Å². The maximum absolute atomic E-state index is 6.35. The van der Waals surface area contributed by atoms with E-state index in [0.717, 1.165) is 45.0 Å². The highest BCUT2D eigenvalue weighted by Gasteiger charge is 2.68. The summed E-state index contributed by atoms with van der Waals surface area (Å²) < 4.78 is 39.9. The molecule has 0 radical (unpaired) electrons. The fourth-order valence-electron chi connectivity index (χ4n) is 21.4. The van der Waals surface area contributed by atoms with Crippen LogP contribution in [0.3, 0.4) is 0 Å². The van der Waals surface area contributed by atoms with Crippen LogP contribution in [0.1, 0.15) is 258 Å². The number of para-hydroxylation sites is 4. The van der Waals surface area contributed by atoms with E-state index in [9.17, 15) is 0 Å². The summed E-state index contributed by atoms with van der Waals surface area (Å²) in [5.41, 5.74) is 24.6. The monoisotopic (exact) mass is 1360 g/mol. The molecule has 0 saturated heterocycles. The number of fused-ring (bicyclic) bond motifs is 22. The molecular weight excluding hydrogens is 1260 g/mol. The Kier molecular flexibility index (Phi) is 14.3. The number of furan rings is 6. The van der Waals surface area contributed by atoms with Gasteiger partial charge in [0.05, 0.1) is 79.4 Å². The van der Waals surface area contributed by atoms with Crippen molar-refractivity contribution in [1.82, 2.24) is 0 Å². The fourth-order valence-corrected chi connectivity index (χ4v) is 23.3. The van der Waals surface area contributed by atoms with E-state index in [1.54, 1.807) is 12.5 Å². The molecule has 2 fully saturated rings. The summed E-state index contributed by atoms with van der Waals surface area (Å²) in [6, 6.07) is 40.2. The molecule has 0 N–H and O–H groups in total. The first-order chi connectivity index (χ1) is 47.2. The number of rotatable bonds is 2. The van der Waals surface area contributed by atoms with Crippen LogP contribution in [0, 0.1) is 38.5 Å². The van der Waals surface area contributed by atoms with Crippen molar-refractivity contribution in [3.63, 3.8) is 0 Å². The highest BCUT2D eigenvalue weighted by atomic mass is 32.1. The maximum atomic E-state index is 6.35. The van der Waals surface area contributed by atoms with Gasteiger partial charge >= 0.3 is 0 Å². The molecule has 20 rings (SSSR count). The molecule has 0 amide bonds. The number of anilines is 4. The van der Waals surface area contributed by atoms with E-state index in [-0.39, 0.29) is 55.9 Å². The van der Waals surface area contributed by atoms with Crippen LogP contribution in [-0.2, 0) is 33.0 Å². The minimum Gasteiger partial charge on any atom is -0.460 e. The zero-order chi connectivity index (χ0) is 69.2. The molecule has 10 nitrogen and oxygen atoms in total. The molecule has 6 unspecified atom stereocenters. The standard InChI is InChI=1S/2C23H27NO2.C21H23NOS.C20H21NOS/c2*1-13-9-8-10-15-18(13)24-14(2)19-17(20-16(26-19)11-12-25-20)23(24,7)22(5,6)21(15,3)4;1-14-8-4-5-9-16(14)22-15(2)19-18(20-17(23-19)10-13-24-20)21(22)11-6-3-7-12-21;1-13-7-3-4-8-15(13)21-14(2)18-17(20(21)10-5-6-11-20)19-16(22-18)9-12-23-19/h2*8-12,14H,1-7H3;4-5,8-10,13,15H,3,6-7,11-12H2,1-2H3;3-4,7-9,12,14H,5-6,10-11H2,1-2H3. The Balaban J connectivity index is 0.0000000991. The number of benzene rings is 4. The second kappa shape index (κ2) is 21.9. The normalized spacial score (nSPS) is 25.4. The van der Waals surface area contributed by atoms with E-state index in [2.05, 4.69) is 252 Å². The third-order valence-electron chi connectivity index (χ3n) is 27.9. The van der Waals surface area contributed by atoms with Gasteiger partial charge in [0.2, 0.25) is 0 Å². The lowest BCUT2D eigenvalue weighted by Crippen LogP contribution is -2.62. The van der Waals surface area contributed by atoms with E-state index in [0.29, 0.717) is 12.1 Å². The van der Waals surface area contributed by atoms with Crippen molar-refractivity contribution in [3.05, 3.63) is 211 Å². The molecule has 514 valence electrons. The molecule has 12 heteroatoms. The molecule has 14 heterocycles. The number of hydrogen-bond donors (Lipinski definition) is 0. The Labute approximate surface area is 592 Å². The minimum absolute atomic E-state index is 0.00286. The molecule has 8 aliphatic rings. The number of hydrogen-bond acceptors (Lipinski definition) is 12. The average Bonchev–Trinajstić information content (AvgIpc) is 1.66. The predicted octanol–water partition coefficient (Wildman–Crippen LogP) is 25.6. The summed E-state index contributed by atoms with van der Waals surface area (Å²) in [7, 11) is 0. The Morgan fingerprint density at radius 2 is 0.707 bits per heavy atom. The van der Waals surface area contributed by atoms with Crippen LogP contribution in [0.2, 0.25) is 0 Å². The molecule has 6 aliphatic heterocycles. The lowest BCUT2D eigenvalue weighted by Gasteiger charge is -2.62. The van der Waals surface area contributed by atoms with Crippen molar-refractivity contribution in [2.75, 3.05) is 19.6 Å². The van der Waals surface area contributed by atoms with Crippen LogP contribution in [-0.4, -0.2) is 0 Å². The van der Waals surface area contributed by atoms with Crippen LogP contribution < -0.4 is 19.6 Å². The molecule has 4 aromatic carbocycles. The zero-order valence-corrected chi connectivity index (χ0v) is 63.1. The van der Waals surface area contributed by atoms with Gasteiger partial charge in [0.15, 0.2) is 22.3 Å². The third kappa shape index (κ3) is 8.16. The summed E-state index contributed by atoms with van der Waals surface area (Å²) in [6.07, 6.45) is 15.1.